The lowest BCUT2D eigenvalue weighted by Crippen LogP contribution is -2.23. The van der Waals surface area contributed by atoms with Crippen LogP contribution in [0.3, 0.4) is 0 Å². The van der Waals surface area contributed by atoms with Crippen LogP contribution in [0.2, 0.25) is 0 Å². The molecule has 108 valence electrons. The van der Waals surface area contributed by atoms with E-state index in [-0.39, 0.29) is 6.04 Å². The molecule has 4 rings (SSSR count). The SMILES string of the molecule is N#Cc1cccc2c1COC(=N[C@@H]1CCc3ccccc31)N2. The number of anilines is 1. The lowest BCUT2D eigenvalue weighted by Gasteiger charge is -2.22. The molecule has 0 aromatic heterocycles. The predicted octanol–water partition coefficient (Wildman–Crippen LogP) is 3.54. The van der Waals surface area contributed by atoms with Crippen LogP contribution in [-0.2, 0) is 17.8 Å². The number of ether oxygens (including phenoxy) is 1. The third kappa shape index (κ3) is 2.11. The van der Waals surface area contributed by atoms with E-state index in [1.807, 2.05) is 12.1 Å². The minimum absolute atomic E-state index is 0.152. The number of benzene rings is 2. The van der Waals surface area contributed by atoms with E-state index in [4.69, 9.17) is 15.0 Å². The Balaban J connectivity index is 1.62. The fourth-order valence-electron chi connectivity index (χ4n) is 3.14. The van der Waals surface area contributed by atoms with Crippen molar-refractivity contribution in [2.24, 2.45) is 4.99 Å². The Bertz CT molecular complexity index is 804. The highest BCUT2D eigenvalue weighted by atomic mass is 16.5. The summed E-state index contributed by atoms with van der Waals surface area (Å²) in [7, 11) is 0. The van der Waals surface area contributed by atoms with Crippen molar-refractivity contribution in [3.8, 4) is 6.07 Å². The van der Waals surface area contributed by atoms with Gasteiger partial charge in [0.25, 0.3) is 6.02 Å². The number of rotatable bonds is 1. The van der Waals surface area contributed by atoms with Crippen molar-refractivity contribution in [2.45, 2.75) is 25.5 Å². The fraction of sp³-hybridized carbons (Fsp3) is 0.222. The Morgan fingerprint density at radius 1 is 1.18 bits per heavy atom. The highest BCUT2D eigenvalue weighted by Crippen LogP contribution is 2.34. The van der Waals surface area contributed by atoms with Gasteiger partial charge in [0.15, 0.2) is 0 Å². The summed E-state index contributed by atoms with van der Waals surface area (Å²) in [6.07, 6.45) is 2.08. The van der Waals surface area contributed by atoms with Gasteiger partial charge in [-0.3, -0.25) is 0 Å². The number of aryl methyl sites for hydroxylation is 1. The van der Waals surface area contributed by atoms with E-state index in [2.05, 4.69) is 35.7 Å². The number of nitrogens with one attached hydrogen (secondary N) is 1. The summed E-state index contributed by atoms with van der Waals surface area (Å²) in [5.74, 6) is 0. The third-order valence-corrected chi connectivity index (χ3v) is 4.27. The first-order chi connectivity index (χ1) is 10.8. The van der Waals surface area contributed by atoms with Gasteiger partial charge in [-0.25, -0.2) is 4.99 Å². The van der Waals surface area contributed by atoms with Gasteiger partial charge < -0.3 is 10.1 Å². The molecular formula is C18H15N3O. The third-order valence-electron chi connectivity index (χ3n) is 4.27. The van der Waals surface area contributed by atoms with Crippen molar-refractivity contribution in [1.29, 1.82) is 5.26 Å². The molecule has 0 saturated heterocycles. The second-order valence-corrected chi connectivity index (χ2v) is 5.54. The molecular weight excluding hydrogens is 274 g/mol. The predicted molar refractivity (Wildman–Crippen MR) is 84.5 cm³/mol. The average Bonchev–Trinajstić information content (AvgIpc) is 2.97. The minimum Gasteiger partial charge on any atom is -0.460 e. The topological polar surface area (TPSA) is 57.4 Å². The van der Waals surface area contributed by atoms with Crippen LogP contribution in [0.4, 0.5) is 5.69 Å². The van der Waals surface area contributed by atoms with E-state index < -0.39 is 0 Å². The van der Waals surface area contributed by atoms with E-state index in [1.54, 1.807) is 6.07 Å². The summed E-state index contributed by atoms with van der Waals surface area (Å²) in [6.45, 7) is 0.388. The van der Waals surface area contributed by atoms with Crippen LogP contribution < -0.4 is 5.32 Å². The number of amidine groups is 1. The van der Waals surface area contributed by atoms with Crippen LogP contribution in [-0.4, -0.2) is 6.02 Å². The highest BCUT2D eigenvalue weighted by molar-refractivity contribution is 5.92. The van der Waals surface area contributed by atoms with E-state index in [1.165, 1.54) is 11.1 Å². The number of hydrogen-bond donors (Lipinski definition) is 1. The molecule has 0 fully saturated rings. The molecule has 22 heavy (non-hydrogen) atoms. The van der Waals surface area contributed by atoms with Crippen molar-refractivity contribution in [3.05, 3.63) is 64.7 Å². The standard InChI is InChI=1S/C18H15N3O/c19-10-13-5-3-7-16-15(13)11-22-18(20-16)21-17-9-8-12-4-1-2-6-14(12)17/h1-7,17H,8-9,11H2,(H,20,21)/t17-/m1/s1. The summed E-state index contributed by atoms with van der Waals surface area (Å²) < 4.78 is 5.71. The Kier molecular flexibility index (Phi) is 3.05. The van der Waals surface area contributed by atoms with Gasteiger partial charge in [0.05, 0.1) is 23.4 Å². The molecule has 1 atom stereocenters. The van der Waals surface area contributed by atoms with Gasteiger partial charge in [0, 0.05) is 5.56 Å². The Morgan fingerprint density at radius 3 is 3.00 bits per heavy atom. The second-order valence-electron chi connectivity index (χ2n) is 5.54. The summed E-state index contributed by atoms with van der Waals surface area (Å²) in [5.41, 5.74) is 5.12. The number of hydrogen-bond acceptors (Lipinski definition) is 3. The zero-order chi connectivity index (χ0) is 14.9. The first-order valence-corrected chi connectivity index (χ1v) is 7.42. The minimum atomic E-state index is 0.152. The molecule has 1 aliphatic carbocycles. The molecule has 0 radical (unpaired) electrons. The van der Waals surface area contributed by atoms with Gasteiger partial charge in [0.2, 0.25) is 0 Å². The summed E-state index contributed by atoms with van der Waals surface area (Å²) >= 11 is 0. The fourth-order valence-corrected chi connectivity index (χ4v) is 3.14. The van der Waals surface area contributed by atoms with E-state index >= 15 is 0 Å². The van der Waals surface area contributed by atoms with Gasteiger partial charge in [-0.05, 0) is 36.1 Å². The number of nitriles is 1. The smallest absolute Gasteiger partial charge is 0.290 e. The van der Waals surface area contributed by atoms with Gasteiger partial charge in [0.1, 0.15) is 6.61 Å². The Morgan fingerprint density at radius 2 is 2.09 bits per heavy atom. The van der Waals surface area contributed by atoms with E-state index in [0.717, 1.165) is 24.1 Å². The maximum Gasteiger partial charge on any atom is 0.290 e. The summed E-state index contributed by atoms with van der Waals surface area (Å²) in [6, 6.07) is 17.0. The van der Waals surface area contributed by atoms with E-state index in [0.29, 0.717) is 18.2 Å². The first kappa shape index (κ1) is 12.9. The number of nitrogens with zero attached hydrogens (tertiary/aromatic N) is 2. The Hall–Kier alpha value is -2.80. The molecule has 0 saturated carbocycles. The molecule has 2 aromatic rings. The normalized spacial score (nSPS) is 20.5. The maximum absolute atomic E-state index is 9.13. The van der Waals surface area contributed by atoms with Crippen LogP contribution in [0.15, 0.2) is 47.5 Å². The van der Waals surface area contributed by atoms with Gasteiger partial charge in [-0.2, -0.15) is 5.26 Å². The molecule has 0 bridgehead atoms. The van der Waals surface area contributed by atoms with Gasteiger partial charge in [-0.1, -0.05) is 30.3 Å². The Labute approximate surface area is 129 Å². The zero-order valence-corrected chi connectivity index (χ0v) is 12.0. The molecule has 1 aliphatic heterocycles. The largest absolute Gasteiger partial charge is 0.460 e. The summed E-state index contributed by atoms with van der Waals surface area (Å²) in [4.78, 5) is 4.73. The van der Waals surface area contributed by atoms with Crippen molar-refractivity contribution in [2.75, 3.05) is 5.32 Å². The van der Waals surface area contributed by atoms with Crippen molar-refractivity contribution in [1.82, 2.24) is 0 Å². The van der Waals surface area contributed by atoms with Gasteiger partial charge in [-0.15, -0.1) is 0 Å². The average molecular weight is 289 g/mol. The monoisotopic (exact) mass is 289 g/mol. The lowest BCUT2D eigenvalue weighted by atomic mass is 10.1. The van der Waals surface area contributed by atoms with Crippen LogP contribution >= 0.6 is 0 Å². The number of aliphatic imine (C=N–C) groups is 1. The van der Waals surface area contributed by atoms with Crippen molar-refractivity contribution >= 4 is 11.7 Å². The molecule has 4 heteroatoms. The second kappa shape index (κ2) is 5.19. The first-order valence-electron chi connectivity index (χ1n) is 7.42. The number of fused-ring (bicyclic) bond motifs is 2. The van der Waals surface area contributed by atoms with Crippen LogP contribution in [0.1, 0.15) is 34.7 Å². The summed E-state index contributed by atoms with van der Waals surface area (Å²) in [5, 5.41) is 12.3. The molecule has 2 aliphatic rings. The van der Waals surface area contributed by atoms with Crippen LogP contribution in [0.25, 0.3) is 0 Å². The van der Waals surface area contributed by atoms with Crippen LogP contribution in [0.5, 0.6) is 0 Å². The van der Waals surface area contributed by atoms with Crippen molar-refractivity contribution < 1.29 is 4.74 Å². The molecule has 1 N–H and O–H groups in total. The zero-order valence-electron chi connectivity index (χ0n) is 12.0. The molecule has 0 unspecified atom stereocenters. The quantitative estimate of drug-likeness (QED) is 0.873. The lowest BCUT2D eigenvalue weighted by molar-refractivity contribution is 0.282. The van der Waals surface area contributed by atoms with Crippen molar-refractivity contribution in [3.63, 3.8) is 0 Å². The molecule has 4 nitrogen and oxygen atoms in total. The highest BCUT2D eigenvalue weighted by Gasteiger charge is 2.24. The van der Waals surface area contributed by atoms with Crippen LogP contribution in [0, 0.1) is 11.3 Å². The maximum atomic E-state index is 9.13. The van der Waals surface area contributed by atoms with Gasteiger partial charge >= 0.3 is 0 Å². The molecule has 2 aromatic carbocycles. The van der Waals surface area contributed by atoms with E-state index in [9.17, 15) is 0 Å². The molecule has 0 spiro atoms. The molecule has 1 heterocycles. The molecule has 0 amide bonds.